The van der Waals surface area contributed by atoms with Crippen molar-refractivity contribution in [2.45, 2.75) is 6.18 Å². The topological polar surface area (TPSA) is 12.9 Å². The van der Waals surface area contributed by atoms with E-state index in [4.69, 9.17) is 11.6 Å². The molecule has 0 amide bonds. The summed E-state index contributed by atoms with van der Waals surface area (Å²) >= 11 is 5.46. The first-order valence-corrected chi connectivity index (χ1v) is 3.39. The molecule has 0 unspecified atom stereocenters. The normalized spacial score (nSPS) is 11.7. The minimum atomic E-state index is -4.35. The van der Waals surface area contributed by atoms with Crippen LogP contribution in [-0.4, -0.2) is 11.2 Å². The monoisotopic (exact) mass is 194 g/mol. The van der Waals surface area contributed by atoms with Crippen LogP contribution in [0.4, 0.5) is 13.2 Å². The van der Waals surface area contributed by atoms with Crippen LogP contribution < -0.4 is 0 Å². The summed E-state index contributed by atoms with van der Waals surface area (Å²) in [5.74, 6) is 0. The van der Waals surface area contributed by atoms with Gasteiger partial charge in [-0.2, -0.15) is 13.2 Å². The molecular formula is C7H4ClF3N. The molecule has 0 N–H and O–H groups in total. The molecular weight excluding hydrogens is 191 g/mol. The predicted molar refractivity (Wildman–Crippen MR) is 38.7 cm³/mol. The number of halogens is 4. The second-order valence-electron chi connectivity index (χ2n) is 2.08. The first-order valence-electron chi connectivity index (χ1n) is 3.01. The van der Waals surface area contributed by atoms with Gasteiger partial charge in [0.1, 0.15) is 0 Å². The predicted octanol–water partition coefficient (Wildman–Crippen LogP) is 2.85. The summed E-state index contributed by atoms with van der Waals surface area (Å²) in [6.07, 6.45) is -1.85. The third-order valence-electron chi connectivity index (χ3n) is 1.12. The third-order valence-corrected chi connectivity index (χ3v) is 1.46. The summed E-state index contributed by atoms with van der Waals surface area (Å²) in [5.41, 5.74) is -0.119. The van der Waals surface area contributed by atoms with Crippen molar-refractivity contribution in [1.29, 1.82) is 0 Å². The lowest BCUT2D eigenvalue weighted by Crippen LogP contribution is -2.09. The first-order chi connectivity index (χ1) is 5.49. The Morgan fingerprint density at radius 2 is 2.08 bits per heavy atom. The van der Waals surface area contributed by atoms with Crippen LogP contribution in [0.1, 0.15) is 5.56 Å². The smallest absolute Gasteiger partial charge is 0.264 e. The van der Waals surface area contributed by atoms with E-state index in [-0.39, 0.29) is 17.0 Å². The Kier molecular flexibility index (Phi) is 2.57. The van der Waals surface area contributed by atoms with Gasteiger partial charge in [-0.05, 0) is 6.07 Å². The standard InChI is InChI=1S/C7H4ClF3N/c8-6-1-2-12-4-5(6)3-7(9,10)11/h1-4H. The number of nitrogens with zero attached hydrogens (tertiary/aromatic N) is 1. The summed E-state index contributed by atoms with van der Waals surface area (Å²) in [6.45, 7) is 0. The van der Waals surface area contributed by atoms with Crippen LogP contribution in [-0.2, 0) is 0 Å². The molecule has 0 saturated heterocycles. The van der Waals surface area contributed by atoms with Crippen LogP contribution in [0.2, 0.25) is 5.02 Å². The Hall–Kier alpha value is -0.770. The molecule has 0 fully saturated rings. The Bertz CT molecular complexity index is 272. The van der Waals surface area contributed by atoms with Crippen LogP contribution in [0, 0.1) is 6.42 Å². The van der Waals surface area contributed by atoms with Crippen LogP contribution in [0.15, 0.2) is 18.5 Å². The maximum Gasteiger partial charge on any atom is 0.396 e. The van der Waals surface area contributed by atoms with Gasteiger partial charge in [-0.1, -0.05) is 11.6 Å². The van der Waals surface area contributed by atoms with E-state index in [1.54, 1.807) is 0 Å². The van der Waals surface area contributed by atoms with Crippen LogP contribution in [0.5, 0.6) is 0 Å². The fourth-order valence-corrected chi connectivity index (χ4v) is 0.832. The van der Waals surface area contributed by atoms with Gasteiger partial charge in [-0.15, -0.1) is 0 Å². The second-order valence-corrected chi connectivity index (χ2v) is 2.49. The SMILES string of the molecule is FC(F)(F)[CH]c1cnccc1Cl. The van der Waals surface area contributed by atoms with Crippen LogP contribution >= 0.6 is 11.6 Å². The zero-order chi connectivity index (χ0) is 9.19. The van der Waals surface area contributed by atoms with Gasteiger partial charge in [0, 0.05) is 23.0 Å². The zero-order valence-corrected chi connectivity index (χ0v) is 6.52. The van der Waals surface area contributed by atoms with E-state index in [9.17, 15) is 13.2 Å². The highest BCUT2D eigenvalue weighted by Gasteiger charge is 2.29. The van der Waals surface area contributed by atoms with Gasteiger partial charge in [0.25, 0.3) is 0 Å². The molecule has 0 aliphatic heterocycles. The lowest BCUT2D eigenvalue weighted by atomic mass is 10.2. The number of aromatic nitrogens is 1. The number of alkyl halides is 3. The second kappa shape index (κ2) is 3.31. The van der Waals surface area contributed by atoms with Gasteiger partial charge >= 0.3 is 6.18 Å². The van der Waals surface area contributed by atoms with E-state index in [1.165, 1.54) is 12.3 Å². The average molecular weight is 195 g/mol. The Balaban J connectivity index is 2.83. The first kappa shape index (κ1) is 9.32. The molecule has 12 heavy (non-hydrogen) atoms. The van der Waals surface area contributed by atoms with Gasteiger partial charge in [-0.25, -0.2) is 0 Å². The fourth-order valence-electron chi connectivity index (χ4n) is 0.672. The van der Waals surface area contributed by atoms with E-state index in [1.807, 2.05) is 0 Å². The largest absolute Gasteiger partial charge is 0.396 e. The van der Waals surface area contributed by atoms with E-state index < -0.39 is 6.18 Å². The van der Waals surface area contributed by atoms with Crippen LogP contribution in [0.3, 0.4) is 0 Å². The molecule has 0 aromatic carbocycles. The van der Waals surface area contributed by atoms with Gasteiger partial charge in [0.15, 0.2) is 0 Å². The summed E-state index contributed by atoms with van der Waals surface area (Å²) in [4.78, 5) is 3.51. The fraction of sp³-hybridized carbons (Fsp3) is 0.143. The van der Waals surface area contributed by atoms with Crippen molar-refractivity contribution in [3.05, 3.63) is 35.5 Å². The van der Waals surface area contributed by atoms with Gasteiger partial charge in [0.05, 0.1) is 6.42 Å². The molecule has 1 heterocycles. The zero-order valence-electron chi connectivity index (χ0n) is 5.77. The van der Waals surface area contributed by atoms with Crippen molar-refractivity contribution in [3.8, 4) is 0 Å². The third kappa shape index (κ3) is 2.70. The summed E-state index contributed by atoms with van der Waals surface area (Å²) in [7, 11) is 0. The van der Waals surface area contributed by atoms with Crippen molar-refractivity contribution >= 4 is 11.6 Å². The van der Waals surface area contributed by atoms with E-state index >= 15 is 0 Å². The number of pyridine rings is 1. The highest BCUT2D eigenvalue weighted by atomic mass is 35.5. The summed E-state index contributed by atoms with van der Waals surface area (Å²) < 4.78 is 35.3. The quantitative estimate of drug-likeness (QED) is 0.670. The molecule has 1 aromatic heterocycles. The maximum atomic E-state index is 11.8. The van der Waals surface area contributed by atoms with Crippen molar-refractivity contribution in [3.63, 3.8) is 0 Å². The van der Waals surface area contributed by atoms with Crippen molar-refractivity contribution in [2.24, 2.45) is 0 Å². The minimum absolute atomic E-state index is 0.0438. The van der Waals surface area contributed by atoms with Crippen molar-refractivity contribution in [1.82, 2.24) is 4.98 Å². The van der Waals surface area contributed by atoms with E-state index in [0.717, 1.165) is 6.20 Å². The number of hydrogen-bond acceptors (Lipinski definition) is 1. The van der Waals surface area contributed by atoms with Crippen molar-refractivity contribution < 1.29 is 13.2 Å². The van der Waals surface area contributed by atoms with Gasteiger partial charge in [-0.3, -0.25) is 4.98 Å². The molecule has 0 atom stereocenters. The molecule has 1 aromatic rings. The Labute approximate surface area is 72.2 Å². The Morgan fingerprint density at radius 1 is 1.42 bits per heavy atom. The molecule has 0 bridgehead atoms. The molecule has 0 aliphatic carbocycles. The average Bonchev–Trinajstić information content (AvgIpc) is 1.91. The molecule has 1 radical (unpaired) electrons. The van der Waals surface area contributed by atoms with Gasteiger partial charge in [0.2, 0.25) is 0 Å². The van der Waals surface area contributed by atoms with E-state index in [0.29, 0.717) is 0 Å². The lowest BCUT2D eigenvalue weighted by Gasteiger charge is -2.05. The summed E-state index contributed by atoms with van der Waals surface area (Å²) in [6, 6.07) is 1.30. The molecule has 0 aliphatic rings. The van der Waals surface area contributed by atoms with E-state index in [2.05, 4.69) is 4.98 Å². The highest BCUT2D eigenvalue weighted by Crippen LogP contribution is 2.26. The maximum absolute atomic E-state index is 11.8. The minimum Gasteiger partial charge on any atom is -0.264 e. The van der Waals surface area contributed by atoms with Gasteiger partial charge < -0.3 is 0 Å². The van der Waals surface area contributed by atoms with Crippen molar-refractivity contribution in [2.75, 3.05) is 0 Å². The molecule has 1 rings (SSSR count). The molecule has 65 valence electrons. The highest BCUT2D eigenvalue weighted by molar-refractivity contribution is 6.31. The lowest BCUT2D eigenvalue weighted by molar-refractivity contribution is -0.0928. The number of rotatable bonds is 1. The summed E-state index contributed by atoms with van der Waals surface area (Å²) in [5, 5.41) is 0.0438. The molecule has 5 heteroatoms. The number of hydrogen-bond donors (Lipinski definition) is 0. The molecule has 0 saturated carbocycles. The molecule has 1 nitrogen and oxygen atoms in total. The Morgan fingerprint density at radius 3 is 2.58 bits per heavy atom. The van der Waals surface area contributed by atoms with Crippen LogP contribution in [0.25, 0.3) is 0 Å². The molecule has 0 spiro atoms.